The summed E-state index contributed by atoms with van der Waals surface area (Å²) in [7, 11) is 1.55. The average Bonchev–Trinajstić information content (AvgIpc) is 3.15. The maximum absolute atomic E-state index is 12.4. The molecule has 2 heterocycles. The Balaban J connectivity index is 1.49. The van der Waals surface area contributed by atoms with Gasteiger partial charge in [0.15, 0.2) is 11.5 Å². The Bertz CT molecular complexity index is 1120. The fraction of sp³-hybridized carbons (Fsp3) is 0.238. The van der Waals surface area contributed by atoms with E-state index in [0.717, 1.165) is 10.9 Å². The number of amides is 1. The zero-order valence-electron chi connectivity index (χ0n) is 15.5. The van der Waals surface area contributed by atoms with Gasteiger partial charge < -0.3 is 23.9 Å². The Kier molecular flexibility index (Phi) is 4.65. The summed E-state index contributed by atoms with van der Waals surface area (Å²) in [5.74, 6) is 1.66. The first-order valence-electron chi connectivity index (χ1n) is 8.85. The molecule has 0 fully saturated rings. The van der Waals surface area contributed by atoms with Crippen molar-refractivity contribution in [3.63, 3.8) is 0 Å². The van der Waals surface area contributed by atoms with Gasteiger partial charge >= 0.3 is 5.63 Å². The molecule has 144 valence electrons. The summed E-state index contributed by atoms with van der Waals surface area (Å²) in [6.45, 7) is 2.03. The van der Waals surface area contributed by atoms with Crippen LogP contribution in [0.3, 0.4) is 0 Å². The fourth-order valence-corrected chi connectivity index (χ4v) is 3.23. The zero-order chi connectivity index (χ0) is 19.7. The highest BCUT2D eigenvalue weighted by atomic mass is 16.7. The molecule has 1 aliphatic heterocycles. The first-order valence-corrected chi connectivity index (χ1v) is 8.85. The van der Waals surface area contributed by atoms with Crippen LogP contribution in [0.1, 0.15) is 17.5 Å². The van der Waals surface area contributed by atoms with Gasteiger partial charge in [-0.15, -0.1) is 0 Å². The molecule has 1 amide bonds. The number of carbonyl (C=O) groups is 1. The van der Waals surface area contributed by atoms with E-state index in [1.807, 2.05) is 19.1 Å². The van der Waals surface area contributed by atoms with Crippen LogP contribution in [0.15, 0.2) is 45.6 Å². The third-order valence-corrected chi connectivity index (χ3v) is 4.75. The number of hydrogen-bond donors (Lipinski definition) is 1. The molecule has 28 heavy (non-hydrogen) atoms. The second-order valence-electron chi connectivity index (χ2n) is 6.47. The number of anilines is 1. The molecule has 0 bridgehead atoms. The fourth-order valence-electron chi connectivity index (χ4n) is 3.23. The number of benzene rings is 2. The van der Waals surface area contributed by atoms with Crippen molar-refractivity contribution in [1.29, 1.82) is 0 Å². The van der Waals surface area contributed by atoms with E-state index in [0.29, 0.717) is 34.1 Å². The maximum atomic E-state index is 12.4. The third-order valence-electron chi connectivity index (χ3n) is 4.75. The molecule has 0 saturated carbocycles. The lowest BCUT2D eigenvalue weighted by Gasteiger charge is -2.09. The Labute approximate surface area is 160 Å². The van der Waals surface area contributed by atoms with Crippen LogP contribution in [0.5, 0.6) is 17.2 Å². The maximum Gasteiger partial charge on any atom is 0.339 e. The van der Waals surface area contributed by atoms with E-state index in [1.54, 1.807) is 31.4 Å². The minimum atomic E-state index is -0.436. The Morgan fingerprint density at radius 1 is 1.14 bits per heavy atom. The average molecular weight is 381 g/mol. The largest absolute Gasteiger partial charge is 0.497 e. The predicted molar refractivity (Wildman–Crippen MR) is 103 cm³/mol. The number of nitrogens with one attached hydrogen (secondary N) is 1. The Morgan fingerprint density at radius 2 is 1.96 bits per heavy atom. The number of ether oxygens (including phenoxy) is 3. The number of aryl methyl sites for hydroxylation is 1. The molecule has 0 unspecified atom stereocenters. The summed E-state index contributed by atoms with van der Waals surface area (Å²) in [5.41, 5.74) is 1.96. The van der Waals surface area contributed by atoms with Gasteiger partial charge in [0.25, 0.3) is 0 Å². The van der Waals surface area contributed by atoms with Gasteiger partial charge in [-0.2, -0.15) is 0 Å². The second-order valence-corrected chi connectivity index (χ2v) is 6.47. The van der Waals surface area contributed by atoms with Crippen molar-refractivity contribution in [3.05, 3.63) is 57.9 Å². The monoisotopic (exact) mass is 381 g/mol. The first kappa shape index (κ1) is 17.9. The molecule has 7 heteroatoms. The molecule has 0 atom stereocenters. The van der Waals surface area contributed by atoms with Gasteiger partial charge in [-0.25, -0.2) is 4.79 Å². The summed E-state index contributed by atoms with van der Waals surface area (Å²) in [6.07, 6.45) is 0.439. The molecular formula is C21H19NO6. The molecule has 0 aliphatic carbocycles. The molecule has 0 spiro atoms. The molecule has 0 saturated heterocycles. The highest BCUT2D eigenvalue weighted by Crippen LogP contribution is 2.34. The minimum Gasteiger partial charge on any atom is -0.497 e. The molecule has 0 radical (unpaired) electrons. The number of hydrogen-bond acceptors (Lipinski definition) is 6. The zero-order valence-corrected chi connectivity index (χ0v) is 15.5. The van der Waals surface area contributed by atoms with Gasteiger partial charge in [0.1, 0.15) is 11.3 Å². The summed E-state index contributed by atoms with van der Waals surface area (Å²) in [6, 6.07) is 10.5. The van der Waals surface area contributed by atoms with Gasteiger partial charge in [0.2, 0.25) is 12.7 Å². The van der Waals surface area contributed by atoms with Crippen LogP contribution in [0.4, 0.5) is 5.69 Å². The molecule has 1 aliphatic rings. The van der Waals surface area contributed by atoms with Crippen LogP contribution in [0.25, 0.3) is 11.0 Å². The summed E-state index contributed by atoms with van der Waals surface area (Å²) < 4.78 is 21.1. The third kappa shape index (κ3) is 3.38. The molecule has 1 N–H and O–H groups in total. The number of carbonyl (C=O) groups excluding carboxylic acids is 1. The van der Waals surface area contributed by atoms with E-state index < -0.39 is 5.63 Å². The summed E-state index contributed by atoms with van der Waals surface area (Å²) in [4.78, 5) is 24.7. The molecular weight excluding hydrogens is 362 g/mol. The van der Waals surface area contributed by atoms with E-state index in [1.165, 1.54) is 0 Å². The van der Waals surface area contributed by atoms with E-state index in [9.17, 15) is 9.59 Å². The van der Waals surface area contributed by atoms with E-state index in [4.69, 9.17) is 18.6 Å². The van der Waals surface area contributed by atoms with Crippen molar-refractivity contribution in [2.45, 2.75) is 19.8 Å². The molecule has 4 rings (SSSR count). The van der Waals surface area contributed by atoms with Crippen LogP contribution in [-0.2, 0) is 11.2 Å². The highest BCUT2D eigenvalue weighted by molar-refractivity contribution is 5.91. The van der Waals surface area contributed by atoms with Crippen molar-refractivity contribution in [1.82, 2.24) is 0 Å². The smallest absolute Gasteiger partial charge is 0.339 e. The van der Waals surface area contributed by atoms with Gasteiger partial charge in [-0.1, -0.05) is 0 Å². The SMILES string of the molecule is COc1ccc2c(C)c(CCC(=O)Nc3ccc4c(c3)OCO4)c(=O)oc2c1. The van der Waals surface area contributed by atoms with Crippen molar-refractivity contribution in [2.24, 2.45) is 0 Å². The van der Waals surface area contributed by atoms with Gasteiger partial charge in [0.05, 0.1) is 7.11 Å². The predicted octanol–water partition coefficient (Wildman–Crippen LogP) is 3.41. The van der Waals surface area contributed by atoms with Crippen molar-refractivity contribution in [2.75, 3.05) is 19.2 Å². The lowest BCUT2D eigenvalue weighted by atomic mass is 10.0. The minimum absolute atomic E-state index is 0.154. The van der Waals surface area contributed by atoms with Gasteiger partial charge in [-0.05, 0) is 43.2 Å². The van der Waals surface area contributed by atoms with E-state index in [2.05, 4.69) is 5.32 Å². The topological polar surface area (TPSA) is 87.0 Å². The lowest BCUT2D eigenvalue weighted by Crippen LogP contribution is -2.16. The van der Waals surface area contributed by atoms with Crippen LogP contribution < -0.4 is 25.2 Å². The molecule has 3 aromatic rings. The van der Waals surface area contributed by atoms with Crippen molar-refractivity contribution < 1.29 is 23.4 Å². The van der Waals surface area contributed by atoms with Crippen LogP contribution >= 0.6 is 0 Å². The Hall–Kier alpha value is -3.48. The van der Waals surface area contributed by atoms with Crippen molar-refractivity contribution >= 4 is 22.6 Å². The van der Waals surface area contributed by atoms with Crippen molar-refractivity contribution in [3.8, 4) is 17.2 Å². The molecule has 1 aromatic heterocycles. The summed E-state index contributed by atoms with van der Waals surface area (Å²) in [5, 5.41) is 3.63. The first-order chi connectivity index (χ1) is 13.5. The van der Waals surface area contributed by atoms with Crippen LogP contribution in [0.2, 0.25) is 0 Å². The van der Waals surface area contributed by atoms with E-state index in [-0.39, 0.29) is 25.5 Å². The number of methoxy groups -OCH3 is 1. The van der Waals surface area contributed by atoms with Crippen LogP contribution in [-0.4, -0.2) is 19.8 Å². The second kappa shape index (κ2) is 7.26. The Morgan fingerprint density at radius 3 is 2.79 bits per heavy atom. The molecule has 7 nitrogen and oxygen atoms in total. The summed E-state index contributed by atoms with van der Waals surface area (Å²) >= 11 is 0. The van der Waals surface area contributed by atoms with Crippen LogP contribution in [0, 0.1) is 6.92 Å². The highest BCUT2D eigenvalue weighted by Gasteiger charge is 2.16. The van der Waals surface area contributed by atoms with E-state index >= 15 is 0 Å². The van der Waals surface area contributed by atoms with Gasteiger partial charge in [0, 0.05) is 35.2 Å². The lowest BCUT2D eigenvalue weighted by molar-refractivity contribution is -0.116. The quantitative estimate of drug-likeness (QED) is 0.682. The normalized spacial score (nSPS) is 12.2. The number of rotatable bonds is 5. The number of fused-ring (bicyclic) bond motifs is 2. The molecule has 2 aromatic carbocycles. The standard InChI is InChI=1S/C21H19NO6/c1-12-15-5-4-14(25-2)10-18(15)28-21(24)16(12)6-8-20(23)22-13-3-7-17-19(9-13)27-11-26-17/h3-5,7,9-10H,6,8,11H2,1-2H3,(H,22,23). The van der Waals surface area contributed by atoms with Gasteiger partial charge in [-0.3, -0.25) is 4.79 Å².